The lowest BCUT2D eigenvalue weighted by atomic mass is 9.89. The number of nitrogens with zero attached hydrogens (tertiary/aromatic N) is 3. The zero-order chi connectivity index (χ0) is 13.9. The fraction of sp³-hybridized carbons (Fsp3) is 0.692. The zero-order valence-corrected chi connectivity index (χ0v) is 12.3. The normalized spacial score (nSPS) is 26.2. The van der Waals surface area contributed by atoms with Crippen molar-refractivity contribution < 1.29 is 9.47 Å². The van der Waals surface area contributed by atoms with E-state index in [1.807, 2.05) is 7.05 Å². The van der Waals surface area contributed by atoms with E-state index in [0.717, 1.165) is 25.9 Å². The number of hydrogen-bond donors (Lipinski definition) is 1. The number of morpholine rings is 1. The average molecular weight is 299 g/mol. The molecule has 2 aliphatic rings. The highest BCUT2D eigenvalue weighted by Gasteiger charge is 2.30. The minimum absolute atomic E-state index is 0.218. The van der Waals surface area contributed by atoms with E-state index in [4.69, 9.17) is 21.1 Å². The van der Waals surface area contributed by atoms with Crippen LogP contribution in [0.1, 0.15) is 12.8 Å². The molecule has 2 fully saturated rings. The third-order valence-electron chi connectivity index (χ3n) is 3.74. The van der Waals surface area contributed by atoms with Gasteiger partial charge in [-0.05, 0) is 19.9 Å². The molecule has 0 spiro atoms. The van der Waals surface area contributed by atoms with Gasteiger partial charge in [0, 0.05) is 25.2 Å². The number of aromatic nitrogens is 2. The van der Waals surface area contributed by atoms with Crippen LogP contribution >= 0.6 is 11.6 Å². The van der Waals surface area contributed by atoms with Crippen molar-refractivity contribution in [3.05, 3.63) is 11.2 Å². The lowest BCUT2D eigenvalue weighted by Crippen LogP contribution is -2.45. The Morgan fingerprint density at radius 1 is 1.35 bits per heavy atom. The van der Waals surface area contributed by atoms with Crippen LogP contribution in [0.25, 0.3) is 0 Å². The van der Waals surface area contributed by atoms with E-state index in [1.165, 1.54) is 0 Å². The summed E-state index contributed by atoms with van der Waals surface area (Å²) in [6.07, 6.45) is 2.23. The van der Waals surface area contributed by atoms with Crippen LogP contribution in [0.3, 0.4) is 0 Å². The predicted octanol–water partition coefficient (Wildman–Crippen LogP) is 1.10. The first kappa shape index (κ1) is 13.9. The molecule has 0 amide bonds. The van der Waals surface area contributed by atoms with Gasteiger partial charge in [-0.15, -0.1) is 0 Å². The van der Waals surface area contributed by atoms with Crippen molar-refractivity contribution in [2.24, 2.45) is 0 Å². The Bertz CT molecular complexity index is 462. The summed E-state index contributed by atoms with van der Waals surface area (Å²) in [7, 11) is 1.97. The van der Waals surface area contributed by atoms with Crippen LogP contribution in [0.15, 0.2) is 6.07 Å². The maximum atomic E-state index is 6.07. The second-order valence-electron chi connectivity index (χ2n) is 5.13. The minimum Gasteiger partial charge on any atom is -0.474 e. The van der Waals surface area contributed by atoms with Crippen LogP contribution in [0.4, 0.5) is 5.95 Å². The van der Waals surface area contributed by atoms with Gasteiger partial charge in [0.2, 0.25) is 11.8 Å². The van der Waals surface area contributed by atoms with E-state index in [-0.39, 0.29) is 6.10 Å². The van der Waals surface area contributed by atoms with Crippen LogP contribution in [0.5, 0.6) is 5.88 Å². The number of nitrogens with one attached hydrogen (secondary N) is 1. The Morgan fingerprint density at radius 2 is 2.10 bits per heavy atom. The van der Waals surface area contributed by atoms with Crippen molar-refractivity contribution in [2.75, 3.05) is 38.3 Å². The molecule has 110 valence electrons. The molecule has 1 saturated carbocycles. The fourth-order valence-corrected chi connectivity index (χ4v) is 2.59. The Balaban J connectivity index is 1.67. The monoisotopic (exact) mass is 298 g/mol. The van der Waals surface area contributed by atoms with E-state index in [9.17, 15) is 0 Å². The van der Waals surface area contributed by atoms with Gasteiger partial charge in [-0.3, -0.25) is 0 Å². The van der Waals surface area contributed by atoms with Gasteiger partial charge < -0.3 is 19.7 Å². The summed E-state index contributed by atoms with van der Waals surface area (Å²) in [5.74, 6) is 1.19. The van der Waals surface area contributed by atoms with E-state index >= 15 is 0 Å². The van der Waals surface area contributed by atoms with Crippen LogP contribution in [-0.2, 0) is 4.74 Å². The van der Waals surface area contributed by atoms with E-state index in [0.29, 0.717) is 36.2 Å². The SMILES string of the molecule is CN[C@H]1C[C@H](Oc2cc(Cl)nc(N3CCOCC3)n2)C1. The number of hydrogen-bond acceptors (Lipinski definition) is 6. The molecule has 1 aromatic rings. The molecule has 0 radical (unpaired) electrons. The molecule has 1 aliphatic carbocycles. The molecule has 3 rings (SSSR count). The molecular formula is C13H19ClN4O2. The van der Waals surface area contributed by atoms with Gasteiger partial charge in [0.25, 0.3) is 0 Å². The third kappa shape index (κ3) is 3.13. The van der Waals surface area contributed by atoms with Crippen LogP contribution in [0.2, 0.25) is 5.15 Å². The molecule has 2 heterocycles. The second kappa shape index (κ2) is 6.11. The average Bonchev–Trinajstić information content (AvgIpc) is 2.43. The molecule has 1 saturated heterocycles. The first-order valence-corrected chi connectivity index (χ1v) is 7.33. The Labute approximate surface area is 123 Å². The predicted molar refractivity (Wildman–Crippen MR) is 76.6 cm³/mol. The van der Waals surface area contributed by atoms with Crippen molar-refractivity contribution in [2.45, 2.75) is 25.0 Å². The lowest BCUT2D eigenvalue weighted by Gasteiger charge is -2.34. The van der Waals surface area contributed by atoms with Gasteiger partial charge in [-0.25, -0.2) is 4.98 Å². The highest BCUT2D eigenvalue weighted by atomic mass is 35.5. The highest BCUT2D eigenvalue weighted by Crippen LogP contribution is 2.27. The molecule has 1 N–H and O–H groups in total. The summed E-state index contributed by atoms with van der Waals surface area (Å²) in [6.45, 7) is 2.95. The van der Waals surface area contributed by atoms with E-state index in [1.54, 1.807) is 6.07 Å². The van der Waals surface area contributed by atoms with Crippen molar-refractivity contribution in [1.82, 2.24) is 15.3 Å². The Morgan fingerprint density at radius 3 is 2.80 bits per heavy atom. The minimum atomic E-state index is 0.218. The van der Waals surface area contributed by atoms with Crippen molar-refractivity contribution >= 4 is 17.5 Å². The highest BCUT2D eigenvalue weighted by molar-refractivity contribution is 6.29. The molecule has 0 unspecified atom stereocenters. The van der Waals surface area contributed by atoms with Crippen molar-refractivity contribution in [1.29, 1.82) is 0 Å². The summed E-state index contributed by atoms with van der Waals surface area (Å²) in [5.41, 5.74) is 0. The van der Waals surface area contributed by atoms with Crippen LogP contribution < -0.4 is 15.0 Å². The van der Waals surface area contributed by atoms with Crippen molar-refractivity contribution in [3.8, 4) is 5.88 Å². The number of rotatable bonds is 4. The molecule has 6 nitrogen and oxygen atoms in total. The fourth-order valence-electron chi connectivity index (χ4n) is 2.42. The summed E-state index contributed by atoms with van der Waals surface area (Å²) >= 11 is 6.07. The van der Waals surface area contributed by atoms with Gasteiger partial charge in [0.1, 0.15) is 11.3 Å². The third-order valence-corrected chi connectivity index (χ3v) is 3.94. The first-order chi connectivity index (χ1) is 9.74. The Hall–Kier alpha value is -1.11. The standard InChI is InChI=1S/C13H19ClN4O2/c1-15-9-6-10(7-9)20-12-8-11(14)16-13(17-12)18-2-4-19-5-3-18/h8-10,15H,2-7H2,1H3/t9-,10-. The molecule has 0 atom stereocenters. The summed E-state index contributed by atoms with van der Waals surface area (Å²) < 4.78 is 11.2. The van der Waals surface area contributed by atoms with Gasteiger partial charge >= 0.3 is 0 Å². The topological polar surface area (TPSA) is 59.5 Å². The van der Waals surface area contributed by atoms with Crippen LogP contribution in [0, 0.1) is 0 Å². The lowest BCUT2D eigenvalue weighted by molar-refractivity contribution is 0.0836. The van der Waals surface area contributed by atoms with Crippen LogP contribution in [-0.4, -0.2) is 55.5 Å². The number of halogens is 1. The molecule has 20 heavy (non-hydrogen) atoms. The smallest absolute Gasteiger partial charge is 0.230 e. The van der Waals surface area contributed by atoms with Gasteiger partial charge in [-0.2, -0.15) is 4.98 Å². The summed E-state index contributed by atoms with van der Waals surface area (Å²) in [4.78, 5) is 10.8. The maximum Gasteiger partial charge on any atom is 0.230 e. The molecular weight excluding hydrogens is 280 g/mol. The van der Waals surface area contributed by atoms with Gasteiger partial charge in [0.15, 0.2) is 0 Å². The molecule has 1 aliphatic heterocycles. The molecule has 7 heteroatoms. The quantitative estimate of drug-likeness (QED) is 0.840. The second-order valence-corrected chi connectivity index (χ2v) is 5.51. The van der Waals surface area contributed by atoms with Crippen molar-refractivity contribution in [3.63, 3.8) is 0 Å². The zero-order valence-electron chi connectivity index (χ0n) is 11.5. The number of ether oxygens (including phenoxy) is 2. The largest absolute Gasteiger partial charge is 0.474 e. The molecule has 0 aromatic carbocycles. The maximum absolute atomic E-state index is 6.07. The molecule has 1 aromatic heterocycles. The summed E-state index contributed by atoms with van der Waals surface area (Å²) in [6, 6.07) is 2.23. The van der Waals surface area contributed by atoms with E-state index < -0.39 is 0 Å². The molecule has 0 bridgehead atoms. The van der Waals surface area contributed by atoms with Gasteiger partial charge in [0.05, 0.1) is 13.2 Å². The van der Waals surface area contributed by atoms with E-state index in [2.05, 4.69) is 20.2 Å². The summed E-state index contributed by atoms with van der Waals surface area (Å²) in [5, 5.41) is 3.65. The van der Waals surface area contributed by atoms with Gasteiger partial charge in [-0.1, -0.05) is 11.6 Å². The Kier molecular flexibility index (Phi) is 4.24. The number of anilines is 1. The first-order valence-electron chi connectivity index (χ1n) is 6.96.